The van der Waals surface area contributed by atoms with Crippen LogP contribution in [0.2, 0.25) is 15.1 Å². The number of hydrogen-bond donors (Lipinski definition) is 0. The highest BCUT2D eigenvalue weighted by Crippen LogP contribution is 2.29. The predicted octanol–water partition coefficient (Wildman–Crippen LogP) is 6.30. The average Bonchev–Trinajstić information content (AvgIpc) is 3.03. The van der Waals surface area contributed by atoms with Gasteiger partial charge in [0.05, 0.1) is 5.02 Å². The van der Waals surface area contributed by atoms with Crippen LogP contribution >= 0.6 is 46.6 Å². The molecule has 0 aliphatic rings. The zero-order valence-corrected chi connectivity index (χ0v) is 17.3. The molecule has 0 spiro atoms. The van der Waals surface area contributed by atoms with Crippen LogP contribution in [0.15, 0.2) is 60.3 Å². The topological polar surface area (TPSA) is 39.9 Å². The van der Waals surface area contributed by atoms with Gasteiger partial charge in [0.15, 0.2) is 11.0 Å². The van der Waals surface area contributed by atoms with Gasteiger partial charge in [-0.3, -0.25) is 4.57 Å². The second-order valence-electron chi connectivity index (χ2n) is 5.58. The quantitative estimate of drug-likeness (QED) is 0.304. The minimum atomic E-state index is 0.221. The van der Waals surface area contributed by atoms with Crippen LogP contribution in [0.5, 0.6) is 5.75 Å². The van der Waals surface area contributed by atoms with E-state index in [1.807, 2.05) is 28.8 Å². The standard InChI is InChI=1S/C19H16Cl3N3OS/c1-2-8-25-18(11-26-17-10-15(21)6-7-16(17)22)23-24-19(25)27-12-13-4-3-5-14(20)9-13/h2-7,9-10H,1,8,11-12H2. The molecule has 0 amide bonds. The van der Waals surface area contributed by atoms with Crippen LogP contribution in [0, 0.1) is 0 Å². The monoisotopic (exact) mass is 439 g/mol. The van der Waals surface area contributed by atoms with Gasteiger partial charge in [0.25, 0.3) is 0 Å². The molecular weight excluding hydrogens is 425 g/mol. The molecule has 0 saturated heterocycles. The first kappa shape index (κ1) is 20.1. The second-order valence-corrected chi connectivity index (χ2v) is 7.80. The molecule has 0 aliphatic heterocycles. The highest BCUT2D eigenvalue weighted by Gasteiger charge is 2.13. The zero-order valence-electron chi connectivity index (χ0n) is 14.2. The van der Waals surface area contributed by atoms with Crippen molar-refractivity contribution in [3.63, 3.8) is 0 Å². The molecule has 1 heterocycles. The molecule has 8 heteroatoms. The fraction of sp³-hybridized carbons (Fsp3) is 0.158. The van der Waals surface area contributed by atoms with E-state index in [-0.39, 0.29) is 6.61 Å². The van der Waals surface area contributed by atoms with E-state index in [0.29, 0.717) is 33.2 Å². The summed E-state index contributed by atoms with van der Waals surface area (Å²) in [5, 5.41) is 11.1. The van der Waals surface area contributed by atoms with Crippen LogP contribution in [0.3, 0.4) is 0 Å². The van der Waals surface area contributed by atoms with E-state index in [0.717, 1.165) is 16.5 Å². The molecule has 0 aliphatic carbocycles. The third-order valence-electron chi connectivity index (χ3n) is 3.61. The lowest BCUT2D eigenvalue weighted by molar-refractivity contribution is 0.289. The molecule has 0 atom stereocenters. The summed E-state index contributed by atoms with van der Waals surface area (Å²) < 4.78 is 7.74. The van der Waals surface area contributed by atoms with Gasteiger partial charge in [-0.05, 0) is 29.8 Å². The van der Waals surface area contributed by atoms with Crippen molar-refractivity contribution >= 4 is 46.6 Å². The summed E-state index contributed by atoms with van der Waals surface area (Å²) >= 11 is 19.8. The van der Waals surface area contributed by atoms with Gasteiger partial charge in [-0.2, -0.15) is 0 Å². The lowest BCUT2D eigenvalue weighted by atomic mass is 10.2. The van der Waals surface area contributed by atoms with E-state index in [9.17, 15) is 0 Å². The number of thioether (sulfide) groups is 1. The van der Waals surface area contributed by atoms with Crippen molar-refractivity contribution in [1.82, 2.24) is 14.8 Å². The Morgan fingerprint density at radius 1 is 1.07 bits per heavy atom. The molecule has 0 unspecified atom stereocenters. The largest absolute Gasteiger partial charge is 0.484 e. The Hall–Kier alpha value is -1.66. The lowest BCUT2D eigenvalue weighted by Crippen LogP contribution is -2.07. The summed E-state index contributed by atoms with van der Waals surface area (Å²) in [5.74, 6) is 1.92. The third kappa shape index (κ3) is 5.42. The first-order valence-corrected chi connectivity index (χ1v) is 10.2. The van der Waals surface area contributed by atoms with E-state index in [4.69, 9.17) is 39.5 Å². The number of rotatable bonds is 8. The Morgan fingerprint density at radius 3 is 2.67 bits per heavy atom. The van der Waals surface area contributed by atoms with Crippen molar-refractivity contribution in [1.29, 1.82) is 0 Å². The van der Waals surface area contributed by atoms with E-state index >= 15 is 0 Å². The van der Waals surface area contributed by atoms with Crippen LogP contribution in [0.4, 0.5) is 0 Å². The Kier molecular flexibility index (Phi) is 7.07. The molecule has 140 valence electrons. The highest BCUT2D eigenvalue weighted by atomic mass is 35.5. The van der Waals surface area contributed by atoms with E-state index in [1.165, 1.54) is 0 Å². The summed E-state index contributed by atoms with van der Waals surface area (Å²) in [6, 6.07) is 12.8. The van der Waals surface area contributed by atoms with Gasteiger partial charge in [0.1, 0.15) is 12.4 Å². The summed E-state index contributed by atoms with van der Waals surface area (Å²) in [6.45, 7) is 4.61. The SMILES string of the molecule is C=CCn1c(COc2cc(Cl)ccc2Cl)nnc1SCc1cccc(Cl)c1. The summed E-state index contributed by atoms with van der Waals surface area (Å²) in [4.78, 5) is 0. The van der Waals surface area contributed by atoms with Gasteiger partial charge in [-0.15, -0.1) is 16.8 Å². The van der Waals surface area contributed by atoms with Crippen molar-refractivity contribution in [3.05, 3.63) is 81.6 Å². The molecule has 0 bridgehead atoms. The minimum absolute atomic E-state index is 0.221. The Balaban J connectivity index is 1.72. The van der Waals surface area contributed by atoms with Gasteiger partial charge < -0.3 is 4.74 Å². The fourth-order valence-corrected chi connectivity index (χ4v) is 3.81. The van der Waals surface area contributed by atoms with Gasteiger partial charge in [-0.25, -0.2) is 0 Å². The lowest BCUT2D eigenvalue weighted by Gasteiger charge is -2.10. The third-order valence-corrected chi connectivity index (χ3v) is 5.43. The number of benzene rings is 2. The van der Waals surface area contributed by atoms with Crippen molar-refractivity contribution in [2.75, 3.05) is 0 Å². The molecule has 0 saturated carbocycles. The van der Waals surface area contributed by atoms with Gasteiger partial charge >= 0.3 is 0 Å². The Labute approximate surface area is 177 Å². The van der Waals surface area contributed by atoms with E-state index in [2.05, 4.69) is 16.8 Å². The van der Waals surface area contributed by atoms with Crippen LogP contribution in [0.1, 0.15) is 11.4 Å². The van der Waals surface area contributed by atoms with Crippen LogP contribution < -0.4 is 4.74 Å². The Bertz CT molecular complexity index is 946. The molecule has 4 nitrogen and oxygen atoms in total. The molecule has 0 radical (unpaired) electrons. The van der Waals surface area contributed by atoms with Gasteiger partial charge in [-0.1, -0.05) is 64.8 Å². The summed E-state index contributed by atoms with van der Waals surface area (Å²) in [5.41, 5.74) is 1.11. The minimum Gasteiger partial charge on any atom is -0.484 e. The number of aromatic nitrogens is 3. The highest BCUT2D eigenvalue weighted by molar-refractivity contribution is 7.98. The number of hydrogen-bond acceptors (Lipinski definition) is 4. The molecule has 0 N–H and O–H groups in total. The maximum atomic E-state index is 6.14. The van der Waals surface area contributed by atoms with Crippen LogP contribution in [-0.2, 0) is 18.9 Å². The maximum absolute atomic E-state index is 6.14. The van der Waals surface area contributed by atoms with Crippen molar-refractivity contribution < 1.29 is 4.74 Å². The first-order valence-electron chi connectivity index (χ1n) is 8.05. The summed E-state index contributed by atoms with van der Waals surface area (Å²) in [7, 11) is 0. The smallest absolute Gasteiger partial charge is 0.191 e. The molecule has 1 aromatic heterocycles. The predicted molar refractivity (Wildman–Crippen MR) is 112 cm³/mol. The zero-order chi connectivity index (χ0) is 19.2. The van der Waals surface area contributed by atoms with Crippen molar-refractivity contribution in [2.24, 2.45) is 0 Å². The fourth-order valence-electron chi connectivity index (χ4n) is 2.35. The molecule has 2 aromatic carbocycles. The normalized spacial score (nSPS) is 10.8. The van der Waals surface area contributed by atoms with Crippen molar-refractivity contribution in [2.45, 2.75) is 24.1 Å². The second kappa shape index (κ2) is 9.51. The van der Waals surface area contributed by atoms with Gasteiger partial charge in [0, 0.05) is 28.4 Å². The number of allylic oxidation sites excluding steroid dienone is 1. The Morgan fingerprint density at radius 2 is 1.89 bits per heavy atom. The number of nitrogens with zero attached hydrogens (tertiary/aromatic N) is 3. The maximum Gasteiger partial charge on any atom is 0.191 e. The van der Waals surface area contributed by atoms with Crippen molar-refractivity contribution in [3.8, 4) is 5.75 Å². The first-order chi connectivity index (χ1) is 13.1. The molecule has 0 fully saturated rings. The number of halogens is 3. The van der Waals surface area contributed by atoms with Crippen LogP contribution in [-0.4, -0.2) is 14.8 Å². The van der Waals surface area contributed by atoms with Crippen LogP contribution in [0.25, 0.3) is 0 Å². The van der Waals surface area contributed by atoms with E-state index in [1.54, 1.807) is 36.0 Å². The van der Waals surface area contributed by atoms with E-state index < -0.39 is 0 Å². The molecule has 27 heavy (non-hydrogen) atoms. The average molecular weight is 441 g/mol. The van der Waals surface area contributed by atoms with Gasteiger partial charge in [0.2, 0.25) is 0 Å². The molecule has 3 rings (SSSR count). The molecule has 3 aromatic rings. The molecular formula is C19H16Cl3N3OS. The summed E-state index contributed by atoms with van der Waals surface area (Å²) in [6.07, 6.45) is 1.79. The number of ether oxygens (including phenoxy) is 1.